The van der Waals surface area contributed by atoms with Crippen molar-refractivity contribution >= 4 is 12.7 Å². The topological polar surface area (TPSA) is 56.5 Å². The Labute approximate surface area is 102 Å². The molecule has 2 heterocycles. The Kier molecular flexibility index (Phi) is 3.05. The lowest BCUT2D eigenvalue weighted by Crippen LogP contribution is -2.41. The van der Waals surface area contributed by atoms with Crippen LogP contribution in [0.25, 0.3) is 0 Å². The third kappa shape index (κ3) is 2.25. The summed E-state index contributed by atoms with van der Waals surface area (Å²) >= 11 is 0. The maximum absolute atomic E-state index is 8.85. The zero-order valence-corrected chi connectivity index (χ0v) is 10.8. The van der Waals surface area contributed by atoms with E-state index in [0.29, 0.717) is 6.54 Å². The number of nitrogens with zero attached hydrogens (tertiary/aromatic N) is 2. The number of hydrogen-bond donors (Lipinski definition) is 1. The highest BCUT2D eigenvalue weighted by atomic mass is 16.7. The minimum absolute atomic E-state index is 0.0964. The van der Waals surface area contributed by atoms with Gasteiger partial charge in [0.05, 0.1) is 29.7 Å². The molecule has 6 heteroatoms. The summed E-state index contributed by atoms with van der Waals surface area (Å²) in [6.45, 7) is 8.68. The molecule has 0 spiro atoms. The van der Waals surface area contributed by atoms with E-state index < -0.39 is 7.12 Å². The first-order chi connectivity index (χ1) is 7.86. The molecule has 94 valence electrons. The van der Waals surface area contributed by atoms with E-state index in [2.05, 4.69) is 4.98 Å². The second kappa shape index (κ2) is 4.12. The minimum atomic E-state index is -0.431. The number of aromatic nitrogens is 2. The number of hydrogen-bond acceptors (Lipinski definition) is 4. The predicted molar refractivity (Wildman–Crippen MR) is 65.0 cm³/mol. The Morgan fingerprint density at radius 3 is 2.41 bits per heavy atom. The molecule has 0 aliphatic carbocycles. The number of rotatable bonds is 3. The zero-order valence-electron chi connectivity index (χ0n) is 10.8. The standard InChI is InChI=1S/C11H19BN2O3/c1-10(2)11(3,4)17-12(16-10)9-7-14(5-6-15)8-13-9/h7-8,15H,5-6H2,1-4H3. The maximum Gasteiger partial charge on any atom is 0.516 e. The SMILES string of the molecule is CC1(C)OB(c2cn(CCO)cn2)OC1(C)C. The quantitative estimate of drug-likeness (QED) is 0.763. The van der Waals surface area contributed by atoms with Crippen LogP contribution in [0, 0.1) is 0 Å². The van der Waals surface area contributed by atoms with Crippen LogP contribution < -0.4 is 5.59 Å². The summed E-state index contributed by atoms with van der Waals surface area (Å²) in [5, 5.41) is 8.85. The van der Waals surface area contributed by atoms with Gasteiger partial charge in [-0.25, -0.2) is 4.98 Å². The van der Waals surface area contributed by atoms with Gasteiger partial charge in [-0.1, -0.05) is 0 Å². The van der Waals surface area contributed by atoms with Gasteiger partial charge in [0.25, 0.3) is 0 Å². The number of imidazole rings is 1. The van der Waals surface area contributed by atoms with E-state index >= 15 is 0 Å². The first-order valence-electron chi connectivity index (χ1n) is 5.84. The van der Waals surface area contributed by atoms with Crippen molar-refractivity contribution < 1.29 is 14.4 Å². The van der Waals surface area contributed by atoms with Crippen molar-refractivity contribution in [1.29, 1.82) is 0 Å². The highest BCUT2D eigenvalue weighted by molar-refractivity contribution is 6.61. The molecule has 2 rings (SSSR count). The Morgan fingerprint density at radius 1 is 1.29 bits per heavy atom. The van der Waals surface area contributed by atoms with Gasteiger partial charge in [0, 0.05) is 12.7 Å². The fraction of sp³-hybridized carbons (Fsp3) is 0.727. The Balaban J connectivity index is 2.14. The second-order valence-electron chi connectivity index (χ2n) is 5.35. The summed E-state index contributed by atoms with van der Waals surface area (Å²) in [6, 6.07) is 0. The van der Waals surface area contributed by atoms with Gasteiger partial charge in [-0.15, -0.1) is 0 Å². The van der Waals surface area contributed by atoms with Crippen molar-refractivity contribution in [2.45, 2.75) is 45.4 Å². The summed E-state index contributed by atoms with van der Waals surface area (Å²) in [5.74, 6) is 0. The summed E-state index contributed by atoms with van der Waals surface area (Å²) in [5.41, 5.74) is 0.0497. The molecule has 1 aliphatic heterocycles. The largest absolute Gasteiger partial charge is 0.516 e. The van der Waals surface area contributed by atoms with Crippen LogP contribution in [0.1, 0.15) is 27.7 Å². The Bertz CT molecular complexity index is 387. The molecule has 0 aromatic carbocycles. The molecule has 0 atom stereocenters. The molecule has 1 aromatic rings. The highest BCUT2D eigenvalue weighted by Gasteiger charge is 2.52. The van der Waals surface area contributed by atoms with Gasteiger partial charge in [0.1, 0.15) is 0 Å². The zero-order chi connectivity index (χ0) is 12.7. The van der Waals surface area contributed by atoms with Crippen LogP contribution in [0.15, 0.2) is 12.5 Å². The summed E-state index contributed by atoms with van der Waals surface area (Å²) in [7, 11) is -0.431. The van der Waals surface area contributed by atoms with Crippen LogP contribution in [0.2, 0.25) is 0 Å². The molecule has 1 fully saturated rings. The Morgan fingerprint density at radius 2 is 1.88 bits per heavy atom. The van der Waals surface area contributed by atoms with Crippen molar-refractivity contribution in [3.05, 3.63) is 12.5 Å². The van der Waals surface area contributed by atoms with Crippen LogP contribution in [-0.2, 0) is 15.9 Å². The monoisotopic (exact) mass is 238 g/mol. The lowest BCUT2D eigenvalue weighted by Gasteiger charge is -2.32. The molecule has 1 saturated heterocycles. The summed E-state index contributed by atoms with van der Waals surface area (Å²) < 4.78 is 13.6. The molecule has 0 unspecified atom stereocenters. The van der Waals surface area contributed by atoms with E-state index in [1.165, 1.54) is 0 Å². The van der Waals surface area contributed by atoms with Crippen molar-refractivity contribution in [2.24, 2.45) is 0 Å². The van der Waals surface area contributed by atoms with Gasteiger partial charge in [-0.2, -0.15) is 0 Å². The molecule has 5 nitrogen and oxygen atoms in total. The number of aliphatic hydroxyl groups excluding tert-OH is 1. The maximum atomic E-state index is 8.85. The first-order valence-corrected chi connectivity index (χ1v) is 5.84. The van der Waals surface area contributed by atoms with E-state index in [0.717, 1.165) is 5.59 Å². The van der Waals surface area contributed by atoms with E-state index in [1.807, 2.05) is 38.5 Å². The molecule has 1 aliphatic rings. The predicted octanol–water partition coefficient (Wildman–Crippen LogP) is 0.175. The van der Waals surface area contributed by atoms with Gasteiger partial charge >= 0.3 is 7.12 Å². The molecule has 0 amide bonds. The van der Waals surface area contributed by atoms with Crippen molar-refractivity contribution in [3.8, 4) is 0 Å². The normalized spacial score (nSPS) is 22.1. The van der Waals surface area contributed by atoms with E-state index in [-0.39, 0.29) is 17.8 Å². The highest BCUT2D eigenvalue weighted by Crippen LogP contribution is 2.36. The average molecular weight is 238 g/mol. The molecular weight excluding hydrogens is 219 g/mol. The van der Waals surface area contributed by atoms with Crippen molar-refractivity contribution in [1.82, 2.24) is 9.55 Å². The summed E-state index contributed by atoms with van der Waals surface area (Å²) in [6.07, 6.45) is 3.52. The fourth-order valence-corrected chi connectivity index (χ4v) is 1.70. The molecule has 1 aromatic heterocycles. The fourth-order valence-electron chi connectivity index (χ4n) is 1.70. The first kappa shape index (κ1) is 12.6. The summed E-state index contributed by atoms with van der Waals surface area (Å²) in [4.78, 5) is 4.25. The van der Waals surface area contributed by atoms with Crippen LogP contribution in [0.5, 0.6) is 0 Å². The third-order valence-electron chi connectivity index (χ3n) is 3.51. The van der Waals surface area contributed by atoms with Crippen molar-refractivity contribution in [3.63, 3.8) is 0 Å². The van der Waals surface area contributed by atoms with Gasteiger partial charge in [0.2, 0.25) is 0 Å². The number of aliphatic hydroxyl groups is 1. The molecule has 1 N–H and O–H groups in total. The van der Waals surface area contributed by atoms with Crippen LogP contribution in [0.3, 0.4) is 0 Å². The Hall–Kier alpha value is -0.845. The average Bonchev–Trinajstić information content (AvgIpc) is 2.71. The van der Waals surface area contributed by atoms with Crippen LogP contribution in [0.4, 0.5) is 0 Å². The molecular formula is C11H19BN2O3. The van der Waals surface area contributed by atoms with Gasteiger partial charge < -0.3 is 19.0 Å². The van der Waals surface area contributed by atoms with Gasteiger partial charge in [-0.05, 0) is 27.7 Å². The molecule has 0 bridgehead atoms. The lowest BCUT2D eigenvalue weighted by molar-refractivity contribution is 0.00578. The minimum Gasteiger partial charge on any atom is -0.398 e. The van der Waals surface area contributed by atoms with Crippen LogP contribution >= 0.6 is 0 Å². The molecule has 0 saturated carbocycles. The second-order valence-corrected chi connectivity index (χ2v) is 5.35. The van der Waals surface area contributed by atoms with Crippen LogP contribution in [-0.4, -0.2) is 39.6 Å². The third-order valence-corrected chi connectivity index (χ3v) is 3.51. The lowest BCUT2D eigenvalue weighted by atomic mass is 9.86. The molecule has 0 radical (unpaired) electrons. The van der Waals surface area contributed by atoms with E-state index in [4.69, 9.17) is 14.4 Å². The molecule has 17 heavy (non-hydrogen) atoms. The van der Waals surface area contributed by atoms with E-state index in [9.17, 15) is 0 Å². The van der Waals surface area contributed by atoms with E-state index in [1.54, 1.807) is 6.33 Å². The van der Waals surface area contributed by atoms with Gasteiger partial charge in [-0.3, -0.25) is 0 Å². The smallest absolute Gasteiger partial charge is 0.398 e. The van der Waals surface area contributed by atoms with Gasteiger partial charge in [0.15, 0.2) is 0 Å². The van der Waals surface area contributed by atoms with Crippen molar-refractivity contribution in [2.75, 3.05) is 6.61 Å².